The fourth-order valence-corrected chi connectivity index (χ4v) is 5.66. The van der Waals surface area contributed by atoms with Crippen LogP contribution < -0.4 is 0 Å². The van der Waals surface area contributed by atoms with Gasteiger partial charge in [-0.3, -0.25) is 9.98 Å². The van der Waals surface area contributed by atoms with Crippen LogP contribution in [-0.2, 0) is 6.54 Å². The summed E-state index contributed by atoms with van der Waals surface area (Å²) in [4.78, 5) is 9.87. The van der Waals surface area contributed by atoms with Crippen LogP contribution in [0.2, 0.25) is 0 Å². The minimum atomic E-state index is 0.591. The van der Waals surface area contributed by atoms with Crippen molar-refractivity contribution in [2.24, 2.45) is 4.99 Å². The molecule has 0 bridgehead atoms. The van der Waals surface area contributed by atoms with Crippen molar-refractivity contribution >= 4 is 27.4 Å². The van der Waals surface area contributed by atoms with Gasteiger partial charge in [-0.1, -0.05) is 146 Å². The molecule has 0 radical (unpaired) electrons. The SMILES string of the molecule is c1ccc(C(=NCc2cccc3cccc(-c4ccc(-c5cccc6cccnc56)cc4)c23)c2ccccc2)cc1. The van der Waals surface area contributed by atoms with Crippen LogP contribution in [0.4, 0.5) is 0 Å². The van der Waals surface area contributed by atoms with Crippen molar-refractivity contribution in [2.75, 3.05) is 0 Å². The van der Waals surface area contributed by atoms with Crippen LogP contribution in [0.5, 0.6) is 0 Å². The Balaban J connectivity index is 1.30. The second kappa shape index (κ2) is 11.0. The van der Waals surface area contributed by atoms with Crippen molar-refractivity contribution in [1.82, 2.24) is 4.98 Å². The lowest BCUT2D eigenvalue weighted by Crippen LogP contribution is -2.04. The minimum absolute atomic E-state index is 0.591. The number of pyridine rings is 1. The van der Waals surface area contributed by atoms with Crippen LogP contribution in [0.1, 0.15) is 16.7 Å². The topological polar surface area (TPSA) is 25.2 Å². The molecular formula is C39H28N2. The average molecular weight is 525 g/mol. The summed E-state index contributed by atoms with van der Waals surface area (Å²) in [6.07, 6.45) is 1.86. The second-order valence-electron chi connectivity index (χ2n) is 10.2. The highest BCUT2D eigenvalue weighted by atomic mass is 14.7. The molecule has 2 heteroatoms. The molecule has 0 saturated heterocycles. The van der Waals surface area contributed by atoms with Crippen LogP contribution in [0.25, 0.3) is 43.9 Å². The Morgan fingerprint density at radius 1 is 0.488 bits per heavy atom. The summed E-state index contributed by atoms with van der Waals surface area (Å²) in [6, 6.07) is 53.3. The summed E-state index contributed by atoms with van der Waals surface area (Å²) in [5.74, 6) is 0. The monoisotopic (exact) mass is 524 g/mol. The molecule has 41 heavy (non-hydrogen) atoms. The summed E-state index contributed by atoms with van der Waals surface area (Å²) in [5, 5.41) is 3.62. The predicted molar refractivity (Wildman–Crippen MR) is 172 cm³/mol. The lowest BCUT2D eigenvalue weighted by atomic mass is 9.93. The summed E-state index contributed by atoms with van der Waals surface area (Å²) >= 11 is 0. The van der Waals surface area contributed by atoms with Crippen LogP contribution in [0, 0.1) is 0 Å². The van der Waals surface area contributed by atoms with E-state index in [0.717, 1.165) is 33.3 Å². The molecule has 0 N–H and O–H groups in total. The average Bonchev–Trinajstić information content (AvgIpc) is 3.05. The quantitative estimate of drug-likeness (QED) is 0.199. The molecule has 1 aromatic heterocycles. The van der Waals surface area contributed by atoms with E-state index in [1.165, 1.54) is 33.0 Å². The number of fused-ring (bicyclic) bond motifs is 2. The van der Waals surface area contributed by atoms with Gasteiger partial charge >= 0.3 is 0 Å². The molecule has 0 spiro atoms. The van der Waals surface area contributed by atoms with Gasteiger partial charge in [-0.05, 0) is 39.1 Å². The molecule has 7 aromatic rings. The van der Waals surface area contributed by atoms with Gasteiger partial charge in [0.05, 0.1) is 17.8 Å². The highest BCUT2D eigenvalue weighted by Gasteiger charge is 2.12. The van der Waals surface area contributed by atoms with Gasteiger partial charge in [-0.15, -0.1) is 0 Å². The molecule has 0 aliphatic heterocycles. The van der Waals surface area contributed by atoms with E-state index in [4.69, 9.17) is 4.99 Å². The highest BCUT2D eigenvalue weighted by Crippen LogP contribution is 2.34. The first-order chi connectivity index (χ1) is 20.3. The van der Waals surface area contributed by atoms with Gasteiger partial charge in [0.25, 0.3) is 0 Å². The molecular weight excluding hydrogens is 496 g/mol. The minimum Gasteiger partial charge on any atom is -0.279 e. The largest absolute Gasteiger partial charge is 0.279 e. The lowest BCUT2D eigenvalue weighted by molar-refractivity contribution is 1.08. The maximum absolute atomic E-state index is 5.21. The van der Waals surface area contributed by atoms with E-state index in [1.54, 1.807) is 0 Å². The van der Waals surface area contributed by atoms with E-state index in [9.17, 15) is 0 Å². The number of nitrogens with zero attached hydrogens (tertiary/aromatic N) is 2. The van der Waals surface area contributed by atoms with Gasteiger partial charge in [0.15, 0.2) is 0 Å². The molecule has 0 saturated carbocycles. The zero-order valence-corrected chi connectivity index (χ0v) is 22.6. The lowest BCUT2D eigenvalue weighted by Gasteiger charge is -2.13. The molecule has 0 unspecified atom stereocenters. The molecule has 0 fully saturated rings. The van der Waals surface area contributed by atoms with E-state index < -0.39 is 0 Å². The second-order valence-corrected chi connectivity index (χ2v) is 10.2. The zero-order valence-electron chi connectivity index (χ0n) is 22.6. The Labute approximate surface area is 240 Å². The smallest absolute Gasteiger partial charge is 0.0780 e. The van der Waals surface area contributed by atoms with Gasteiger partial charge in [-0.2, -0.15) is 0 Å². The number of aromatic nitrogens is 1. The Hall–Kier alpha value is -5.34. The number of benzene rings is 6. The number of rotatable bonds is 6. The number of hydrogen-bond acceptors (Lipinski definition) is 2. The van der Waals surface area contributed by atoms with Crippen molar-refractivity contribution < 1.29 is 0 Å². The predicted octanol–water partition coefficient (Wildman–Crippen LogP) is 9.76. The fourth-order valence-electron chi connectivity index (χ4n) is 5.66. The maximum Gasteiger partial charge on any atom is 0.0780 e. The van der Waals surface area contributed by atoms with Gasteiger partial charge < -0.3 is 0 Å². The fraction of sp³-hybridized carbons (Fsp3) is 0.0256. The molecule has 0 amide bonds. The van der Waals surface area contributed by atoms with Crippen molar-refractivity contribution in [1.29, 1.82) is 0 Å². The van der Waals surface area contributed by atoms with Crippen LogP contribution >= 0.6 is 0 Å². The first-order valence-electron chi connectivity index (χ1n) is 14.0. The van der Waals surface area contributed by atoms with Crippen molar-refractivity contribution in [3.05, 3.63) is 175 Å². The Kier molecular flexibility index (Phi) is 6.64. The van der Waals surface area contributed by atoms with E-state index in [0.29, 0.717) is 6.54 Å². The van der Waals surface area contributed by atoms with Gasteiger partial charge in [0, 0.05) is 28.3 Å². The Bertz CT molecular complexity index is 1940. The summed E-state index contributed by atoms with van der Waals surface area (Å²) in [7, 11) is 0. The maximum atomic E-state index is 5.21. The molecule has 7 rings (SSSR count). The first kappa shape index (κ1) is 24.7. The molecule has 0 atom stereocenters. The molecule has 0 aliphatic carbocycles. The molecule has 194 valence electrons. The van der Waals surface area contributed by atoms with Crippen LogP contribution in [0.3, 0.4) is 0 Å². The summed E-state index contributed by atoms with van der Waals surface area (Å²) in [5.41, 5.74) is 10.2. The Morgan fingerprint density at radius 2 is 1.05 bits per heavy atom. The Morgan fingerprint density at radius 3 is 1.73 bits per heavy atom. The van der Waals surface area contributed by atoms with Crippen molar-refractivity contribution in [2.45, 2.75) is 6.54 Å². The third-order valence-corrected chi connectivity index (χ3v) is 7.63. The standard InChI is InChI=1S/C39H28N2/c1-3-11-31(12-4-1)38(32-13-5-2-6-14-32)41-27-34-18-7-15-30-16-8-20-35(37(30)34)28-22-24-29(25-23-28)36-21-9-17-33-19-10-26-40-39(33)36/h1-26H,27H2. The van der Waals surface area contributed by atoms with E-state index in [2.05, 4.69) is 138 Å². The number of hydrogen-bond donors (Lipinski definition) is 0. The first-order valence-corrected chi connectivity index (χ1v) is 14.0. The molecule has 6 aromatic carbocycles. The number of aliphatic imine (C=N–C) groups is 1. The zero-order chi connectivity index (χ0) is 27.4. The van der Waals surface area contributed by atoms with Gasteiger partial charge in [0.1, 0.15) is 0 Å². The summed E-state index contributed by atoms with van der Waals surface area (Å²) in [6.45, 7) is 0.591. The van der Waals surface area contributed by atoms with Crippen LogP contribution in [0.15, 0.2) is 163 Å². The molecule has 1 heterocycles. The molecule has 2 nitrogen and oxygen atoms in total. The van der Waals surface area contributed by atoms with Crippen molar-refractivity contribution in [3.63, 3.8) is 0 Å². The van der Waals surface area contributed by atoms with Gasteiger partial charge in [0.2, 0.25) is 0 Å². The van der Waals surface area contributed by atoms with E-state index in [-0.39, 0.29) is 0 Å². The van der Waals surface area contributed by atoms with Crippen molar-refractivity contribution in [3.8, 4) is 22.3 Å². The summed E-state index contributed by atoms with van der Waals surface area (Å²) < 4.78 is 0. The normalized spacial score (nSPS) is 11.0. The van der Waals surface area contributed by atoms with E-state index in [1.807, 2.05) is 24.4 Å². The van der Waals surface area contributed by atoms with Gasteiger partial charge in [-0.25, -0.2) is 0 Å². The van der Waals surface area contributed by atoms with Crippen LogP contribution in [-0.4, -0.2) is 10.7 Å². The third kappa shape index (κ3) is 4.92. The highest BCUT2D eigenvalue weighted by molar-refractivity contribution is 6.13. The third-order valence-electron chi connectivity index (χ3n) is 7.63. The van der Waals surface area contributed by atoms with E-state index >= 15 is 0 Å². The molecule has 0 aliphatic rings. The number of para-hydroxylation sites is 1.